The summed E-state index contributed by atoms with van der Waals surface area (Å²) in [6, 6.07) is 20.7. The largest absolute Gasteiger partial charge is 0.381 e. The highest BCUT2D eigenvalue weighted by Gasteiger charge is 2.15. The van der Waals surface area contributed by atoms with E-state index in [-0.39, 0.29) is 10.5 Å². The van der Waals surface area contributed by atoms with Crippen molar-refractivity contribution in [2.24, 2.45) is 0 Å². The molecule has 3 aromatic carbocycles. The number of hydrogen-bond acceptors (Lipinski definition) is 3. The van der Waals surface area contributed by atoms with E-state index in [1.54, 1.807) is 24.3 Å². The highest BCUT2D eigenvalue weighted by molar-refractivity contribution is 7.92. The standard InChI is InChI=1S/C20H19FN2O2S/c1-15-13-19(11-12-20(15)21)26(24,25)23-18-9-7-17(8-10-18)22-14-16-5-3-2-4-6-16/h2-13,22-23H,14H2,1H3. The van der Waals surface area contributed by atoms with Crippen molar-refractivity contribution < 1.29 is 12.8 Å². The molecule has 6 heteroatoms. The second-order valence-electron chi connectivity index (χ2n) is 5.93. The molecule has 0 spiro atoms. The maximum atomic E-state index is 13.3. The Morgan fingerprint density at radius 3 is 2.19 bits per heavy atom. The van der Waals surface area contributed by atoms with Crippen LogP contribution in [0.15, 0.2) is 77.7 Å². The van der Waals surface area contributed by atoms with Crippen molar-refractivity contribution >= 4 is 21.4 Å². The molecule has 2 N–H and O–H groups in total. The molecule has 0 radical (unpaired) electrons. The van der Waals surface area contributed by atoms with Gasteiger partial charge in [-0.2, -0.15) is 0 Å². The van der Waals surface area contributed by atoms with Crippen molar-refractivity contribution in [1.82, 2.24) is 0 Å². The third kappa shape index (κ3) is 4.40. The van der Waals surface area contributed by atoms with Crippen LogP contribution in [-0.2, 0) is 16.6 Å². The molecule has 0 bridgehead atoms. The number of anilines is 2. The minimum atomic E-state index is -3.76. The monoisotopic (exact) mass is 370 g/mol. The van der Waals surface area contributed by atoms with Crippen molar-refractivity contribution in [3.05, 3.63) is 89.7 Å². The zero-order valence-electron chi connectivity index (χ0n) is 14.2. The van der Waals surface area contributed by atoms with Gasteiger partial charge in [0, 0.05) is 17.9 Å². The molecule has 0 aliphatic carbocycles. The summed E-state index contributed by atoms with van der Waals surface area (Å²) in [6.45, 7) is 2.21. The number of benzene rings is 3. The van der Waals surface area contributed by atoms with Gasteiger partial charge < -0.3 is 5.32 Å². The molecule has 3 aromatic rings. The molecule has 0 unspecified atom stereocenters. The average molecular weight is 370 g/mol. The predicted octanol–water partition coefficient (Wildman–Crippen LogP) is 4.55. The number of sulfonamides is 1. The SMILES string of the molecule is Cc1cc(S(=O)(=O)Nc2ccc(NCc3ccccc3)cc2)ccc1F. The molecule has 0 aromatic heterocycles. The summed E-state index contributed by atoms with van der Waals surface area (Å²) in [7, 11) is -3.76. The van der Waals surface area contributed by atoms with Gasteiger partial charge in [-0.25, -0.2) is 12.8 Å². The van der Waals surface area contributed by atoms with Crippen LogP contribution in [0.4, 0.5) is 15.8 Å². The lowest BCUT2D eigenvalue weighted by Crippen LogP contribution is -2.13. The summed E-state index contributed by atoms with van der Waals surface area (Å²) < 4.78 is 40.7. The summed E-state index contributed by atoms with van der Waals surface area (Å²) in [6.07, 6.45) is 0. The molecular weight excluding hydrogens is 351 g/mol. The van der Waals surface area contributed by atoms with Crippen LogP contribution < -0.4 is 10.0 Å². The first kappa shape index (κ1) is 17.9. The Bertz CT molecular complexity index is 988. The highest BCUT2D eigenvalue weighted by atomic mass is 32.2. The van der Waals surface area contributed by atoms with Crippen molar-refractivity contribution in [2.45, 2.75) is 18.4 Å². The molecule has 0 heterocycles. The summed E-state index contributed by atoms with van der Waals surface area (Å²) in [5, 5.41) is 3.28. The van der Waals surface area contributed by atoms with E-state index in [4.69, 9.17) is 0 Å². The minimum Gasteiger partial charge on any atom is -0.381 e. The van der Waals surface area contributed by atoms with E-state index >= 15 is 0 Å². The molecule has 0 atom stereocenters. The van der Waals surface area contributed by atoms with Gasteiger partial charge in [-0.15, -0.1) is 0 Å². The van der Waals surface area contributed by atoms with Crippen LogP contribution in [0, 0.1) is 12.7 Å². The second-order valence-corrected chi connectivity index (χ2v) is 7.62. The van der Waals surface area contributed by atoms with Gasteiger partial charge in [-0.1, -0.05) is 30.3 Å². The lowest BCUT2D eigenvalue weighted by atomic mass is 10.2. The number of halogens is 1. The van der Waals surface area contributed by atoms with Gasteiger partial charge in [-0.3, -0.25) is 4.72 Å². The van der Waals surface area contributed by atoms with Gasteiger partial charge in [0.05, 0.1) is 4.90 Å². The van der Waals surface area contributed by atoms with Gasteiger partial charge in [0.1, 0.15) is 5.82 Å². The molecule has 3 rings (SSSR count). The Balaban J connectivity index is 1.67. The third-order valence-electron chi connectivity index (χ3n) is 3.92. The fraction of sp³-hybridized carbons (Fsp3) is 0.100. The van der Waals surface area contributed by atoms with Crippen LogP contribution in [0.2, 0.25) is 0 Å². The van der Waals surface area contributed by atoms with Crippen LogP contribution >= 0.6 is 0 Å². The smallest absolute Gasteiger partial charge is 0.261 e. The fourth-order valence-corrected chi connectivity index (χ4v) is 3.60. The van der Waals surface area contributed by atoms with E-state index in [1.807, 2.05) is 30.3 Å². The molecule has 4 nitrogen and oxygen atoms in total. The molecule has 0 saturated carbocycles. The molecule has 134 valence electrons. The van der Waals surface area contributed by atoms with Crippen molar-refractivity contribution in [1.29, 1.82) is 0 Å². The minimum absolute atomic E-state index is 0.0303. The number of nitrogens with one attached hydrogen (secondary N) is 2. The van der Waals surface area contributed by atoms with Gasteiger partial charge >= 0.3 is 0 Å². The Kier molecular flexibility index (Phi) is 5.23. The van der Waals surface area contributed by atoms with E-state index in [0.29, 0.717) is 12.2 Å². The molecule has 26 heavy (non-hydrogen) atoms. The van der Waals surface area contributed by atoms with Crippen LogP contribution in [0.1, 0.15) is 11.1 Å². The zero-order valence-corrected chi connectivity index (χ0v) is 15.1. The topological polar surface area (TPSA) is 58.2 Å². The first-order chi connectivity index (χ1) is 12.4. The maximum absolute atomic E-state index is 13.3. The molecule has 0 aliphatic rings. The van der Waals surface area contributed by atoms with Gasteiger partial charge in [0.2, 0.25) is 0 Å². The number of aryl methyl sites for hydroxylation is 1. The van der Waals surface area contributed by atoms with E-state index in [2.05, 4.69) is 10.0 Å². The molecule has 0 amide bonds. The van der Waals surface area contributed by atoms with E-state index < -0.39 is 15.8 Å². The zero-order chi connectivity index (χ0) is 18.6. The molecule has 0 fully saturated rings. The Hall–Kier alpha value is -2.86. The van der Waals surface area contributed by atoms with Gasteiger partial charge in [0.25, 0.3) is 10.0 Å². The molecule has 0 aliphatic heterocycles. The van der Waals surface area contributed by atoms with E-state index in [0.717, 1.165) is 17.3 Å². The summed E-state index contributed by atoms with van der Waals surface area (Å²) >= 11 is 0. The van der Waals surface area contributed by atoms with Crippen LogP contribution in [0.5, 0.6) is 0 Å². The highest BCUT2D eigenvalue weighted by Crippen LogP contribution is 2.20. The van der Waals surface area contributed by atoms with Crippen LogP contribution in [0.25, 0.3) is 0 Å². The molecular formula is C20H19FN2O2S. The van der Waals surface area contributed by atoms with Gasteiger partial charge in [0.15, 0.2) is 0 Å². The van der Waals surface area contributed by atoms with E-state index in [9.17, 15) is 12.8 Å². The first-order valence-corrected chi connectivity index (χ1v) is 9.59. The second kappa shape index (κ2) is 7.58. The van der Waals surface area contributed by atoms with E-state index in [1.165, 1.54) is 19.1 Å². The van der Waals surface area contributed by atoms with Gasteiger partial charge in [-0.05, 0) is 60.5 Å². The summed E-state index contributed by atoms with van der Waals surface area (Å²) in [4.78, 5) is 0.0303. The lowest BCUT2D eigenvalue weighted by molar-refractivity contribution is 0.598. The Morgan fingerprint density at radius 2 is 1.54 bits per heavy atom. The summed E-state index contributed by atoms with van der Waals surface area (Å²) in [5.74, 6) is -0.433. The maximum Gasteiger partial charge on any atom is 0.261 e. The number of hydrogen-bond donors (Lipinski definition) is 2. The normalized spacial score (nSPS) is 11.2. The van der Waals surface area contributed by atoms with Crippen molar-refractivity contribution in [3.63, 3.8) is 0 Å². The van der Waals surface area contributed by atoms with Crippen LogP contribution in [-0.4, -0.2) is 8.42 Å². The Morgan fingerprint density at radius 1 is 0.885 bits per heavy atom. The fourth-order valence-electron chi connectivity index (χ4n) is 2.45. The number of rotatable bonds is 6. The summed E-state index contributed by atoms with van der Waals surface area (Å²) in [5.41, 5.74) is 2.77. The van der Waals surface area contributed by atoms with Crippen molar-refractivity contribution in [3.8, 4) is 0 Å². The Labute approximate surface area is 152 Å². The van der Waals surface area contributed by atoms with Crippen molar-refractivity contribution in [2.75, 3.05) is 10.0 Å². The predicted molar refractivity (Wildman–Crippen MR) is 102 cm³/mol. The molecule has 0 saturated heterocycles. The lowest BCUT2D eigenvalue weighted by Gasteiger charge is -2.11. The average Bonchev–Trinajstić information content (AvgIpc) is 2.64. The first-order valence-electron chi connectivity index (χ1n) is 8.11. The van der Waals surface area contributed by atoms with Crippen LogP contribution in [0.3, 0.4) is 0 Å². The third-order valence-corrected chi connectivity index (χ3v) is 5.30. The quantitative estimate of drug-likeness (QED) is 0.669.